The van der Waals surface area contributed by atoms with Crippen LogP contribution in [-0.4, -0.2) is 59.4 Å². The van der Waals surface area contributed by atoms with Gasteiger partial charge in [0, 0.05) is 11.4 Å². The van der Waals surface area contributed by atoms with Crippen LogP contribution in [0.3, 0.4) is 0 Å². The van der Waals surface area contributed by atoms with Crippen molar-refractivity contribution < 1.29 is 14.4 Å². The molecule has 1 unspecified atom stereocenters. The smallest absolute Gasteiger partial charge is 0.325 e. The number of piperidine rings is 1. The van der Waals surface area contributed by atoms with Gasteiger partial charge in [-0.15, -0.1) is 11.3 Å². The van der Waals surface area contributed by atoms with Crippen LogP contribution in [-0.2, 0) is 9.59 Å². The van der Waals surface area contributed by atoms with Crippen LogP contribution >= 0.6 is 11.3 Å². The number of nitrogens with one attached hydrogen (secondary N) is 2. The Morgan fingerprint density at radius 3 is 2.69 bits per heavy atom. The molecule has 3 fully saturated rings. The number of imide groups is 1. The average Bonchev–Trinajstić information content (AvgIpc) is 3.43. The highest BCUT2D eigenvalue weighted by Gasteiger charge is 2.52. The number of hydrogen-bond acceptors (Lipinski definition) is 5. The van der Waals surface area contributed by atoms with E-state index in [0.717, 1.165) is 36.7 Å². The molecule has 158 valence electrons. The first-order valence-electron chi connectivity index (χ1n) is 10.7. The first-order chi connectivity index (χ1) is 14.0. The summed E-state index contributed by atoms with van der Waals surface area (Å²) in [4.78, 5) is 42.4. The molecule has 1 atom stereocenters. The van der Waals surface area contributed by atoms with Gasteiger partial charge in [-0.25, -0.2) is 4.79 Å². The van der Waals surface area contributed by atoms with Crippen molar-refractivity contribution in [2.75, 3.05) is 26.2 Å². The number of likely N-dealkylation sites (tertiary alicyclic amines) is 1. The number of amides is 4. The summed E-state index contributed by atoms with van der Waals surface area (Å²) in [5.41, 5.74) is -0.763. The lowest BCUT2D eigenvalue weighted by Gasteiger charge is -2.36. The van der Waals surface area contributed by atoms with Gasteiger partial charge in [0.2, 0.25) is 5.91 Å². The first kappa shape index (κ1) is 20.3. The van der Waals surface area contributed by atoms with Gasteiger partial charge in [-0.05, 0) is 56.1 Å². The second kappa shape index (κ2) is 8.44. The third-order valence-electron chi connectivity index (χ3n) is 6.63. The summed E-state index contributed by atoms with van der Waals surface area (Å²) in [5.74, 6) is 0.220. The standard InChI is InChI=1S/C21H30N4O3S/c1-15-6-10-24(11-7-15)16(17-5-4-12-29-17)13-22-18(26)14-25-19(27)21(23-20(25)28)8-2-3-9-21/h4-5,12,15-16H,2-3,6-11,13-14H2,1H3,(H,22,26)(H,23,28). The second-order valence-electron chi connectivity index (χ2n) is 8.66. The minimum Gasteiger partial charge on any atom is -0.353 e. The van der Waals surface area contributed by atoms with E-state index in [-0.39, 0.29) is 24.4 Å². The molecule has 1 spiro atoms. The van der Waals surface area contributed by atoms with Gasteiger partial charge in [-0.1, -0.05) is 25.8 Å². The summed E-state index contributed by atoms with van der Waals surface area (Å²) in [6.45, 7) is 4.61. The predicted molar refractivity (Wildman–Crippen MR) is 111 cm³/mol. The van der Waals surface area contributed by atoms with Crippen molar-refractivity contribution in [2.45, 2.75) is 57.0 Å². The molecule has 0 aromatic carbocycles. The number of nitrogens with zero attached hydrogens (tertiary/aromatic N) is 2. The third-order valence-corrected chi connectivity index (χ3v) is 7.60. The Morgan fingerprint density at radius 2 is 2.03 bits per heavy atom. The Labute approximate surface area is 175 Å². The average molecular weight is 419 g/mol. The number of carbonyl (C=O) groups excluding carboxylic acids is 3. The van der Waals surface area contributed by atoms with Crippen molar-refractivity contribution in [1.82, 2.24) is 20.4 Å². The normalized spacial score (nSPS) is 23.6. The van der Waals surface area contributed by atoms with Crippen molar-refractivity contribution in [2.24, 2.45) is 5.92 Å². The Balaban J connectivity index is 1.36. The Bertz CT molecular complexity index is 752. The highest BCUT2D eigenvalue weighted by atomic mass is 32.1. The summed E-state index contributed by atoms with van der Waals surface area (Å²) in [6, 6.07) is 3.85. The molecule has 0 bridgehead atoms. The fraction of sp³-hybridized carbons (Fsp3) is 0.667. The van der Waals surface area contributed by atoms with Gasteiger partial charge < -0.3 is 10.6 Å². The summed E-state index contributed by atoms with van der Waals surface area (Å²) in [6.07, 6.45) is 5.54. The summed E-state index contributed by atoms with van der Waals surface area (Å²) >= 11 is 1.70. The quantitative estimate of drug-likeness (QED) is 0.696. The maximum Gasteiger partial charge on any atom is 0.325 e. The van der Waals surface area contributed by atoms with Crippen LogP contribution in [0.4, 0.5) is 4.79 Å². The van der Waals surface area contributed by atoms with Gasteiger partial charge in [0.25, 0.3) is 5.91 Å². The van der Waals surface area contributed by atoms with Crippen LogP contribution < -0.4 is 10.6 Å². The molecule has 2 saturated heterocycles. The van der Waals surface area contributed by atoms with Crippen molar-refractivity contribution >= 4 is 29.2 Å². The van der Waals surface area contributed by atoms with Crippen molar-refractivity contribution in [1.29, 1.82) is 0 Å². The van der Waals surface area contributed by atoms with E-state index in [2.05, 4.69) is 33.9 Å². The molecule has 7 nitrogen and oxygen atoms in total. The van der Waals surface area contributed by atoms with Crippen molar-refractivity contribution in [3.05, 3.63) is 22.4 Å². The minimum absolute atomic E-state index is 0.135. The van der Waals surface area contributed by atoms with Crippen LogP contribution in [0.25, 0.3) is 0 Å². The molecule has 1 aliphatic carbocycles. The molecule has 0 radical (unpaired) electrons. The molecule has 1 saturated carbocycles. The highest BCUT2D eigenvalue weighted by Crippen LogP contribution is 2.35. The lowest BCUT2D eigenvalue weighted by Crippen LogP contribution is -2.46. The van der Waals surface area contributed by atoms with E-state index in [0.29, 0.717) is 19.4 Å². The van der Waals surface area contributed by atoms with E-state index < -0.39 is 11.6 Å². The molecule has 8 heteroatoms. The highest BCUT2D eigenvalue weighted by molar-refractivity contribution is 7.10. The Morgan fingerprint density at radius 1 is 1.31 bits per heavy atom. The molecule has 4 rings (SSSR count). The number of urea groups is 1. The number of rotatable bonds is 6. The monoisotopic (exact) mass is 418 g/mol. The van der Waals surface area contributed by atoms with Gasteiger partial charge >= 0.3 is 6.03 Å². The molecule has 2 aliphatic heterocycles. The minimum atomic E-state index is -0.763. The summed E-state index contributed by atoms with van der Waals surface area (Å²) in [5, 5.41) is 7.87. The van der Waals surface area contributed by atoms with E-state index in [4.69, 9.17) is 0 Å². The molecule has 29 heavy (non-hydrogen) atoms. The molecule has 1 aromatic rings. The van der Waals surface area contributed by atoms with E-state index in [1.807, 2.05) is 6.07 Å². The Kier molecular flexibility index (Phi) is 5.92. The zero-order chi connectivity index (χ0) is 20.4. The number of carbonyl (C=O) groups is 3. The van der Waals surface area contributed by atoms with Crippen LogP contribution in [0.1, 0.15) is 56.4 Å². The SMILES string of the molecule is CC1CCN(C(CNC(=O)CN2C(=O)NC3(CCCC3)C2=O)c2cccs2)CC1. The molecular formula is C21H30N4O3S. The van der Waals surface area contributed by atoms with Crippen LogP contribution in [0.2, 0.25) is 0 Å². The topological polar surface area (TPSA) is 81.8 Å². The lowest BCUT2D eigenvalue weighted by molar-refractivity contribution is -0.134. The van der Waals surface area contributed by atoms with Crippen LogP contribution in [0.15, 0.2) is 17.5 Å². The molecule has 1 aromatic heterocycles. The summed E-state index contributed by atoms with van der Waals surface area (Å²) < 4.78 is 0. The largest absolute Gasteiger partial charge is 0.353 e. The van der Waals surface area contributed by atoms with Crippen LogP contribution in [0, 0.1) is 5.92 Å². The fourth-order valence-electron chi connectivity index (χ4n) is 4.78. The lowest BCUT2D eigenvalue weighted by atomic mass is 9.97. The van der Waals surface area contributed by atoms with Gasteiger partial charge in [0.05, 0.1) is 6.04 Å². The van der Waals surface area contributed by atoms with Gasteiger partial charge in [0.15, 0.2) is 0 Å². The van der Waals surface area contributed by atoms with Gasteiger partial charge in [0.1, 0.15) is 12.1 Å². The molecule has 3 aliphatic rings. The first-order valence-corrected chi connectivity index (χ1v) is 11.5. The molecule has 4 amide bonds. The molecular weight excluding hydrogens is 388 g/mol. The van der Waals surface area contributed by atoms with E-state index in [9.17, 15) is 14.4 Å². The summed E-state index contributed by atoms with van der Waals surface area (Å²) in [7, 11) is 0. The van der Waals surface area contributed by atoms with Crippen molar-refractivity contribution in [3.63, 3.8) is 0 Å². The zero-order valence-electron chi connectivity index (χ0n) is 17.0. The maximum absolute atomic E-state index is 12.7. The second-order valence-corrected chi connectivity index (χ2v) is 9.64. The fourth-order valence-corrected chi connectivity index (χ4v) is 5.64. The number of hydrogen-bond donors (Lipinski definition) is 2. The predicted octanol–water partition coefficient (Wildman–Crippen LogP) is 2.50. The third kappa shape index (κ3) is 4.19. The molecule has 2 N–H and O–H groups in total. The molecule has 3 heterocycles. The van der Waals surface area contributed by atoms with Crippen molar-refractivity contribution in [3.8, 4) is 0 Å². The van der Waals surface area contributed by atoms with E-state index in [1.165, 1.54) is 17.7 Å². The zero-order valence-corrected chi connectivity index (χ0v) is 17.8. The van der Waals surface area contributed by atoms with E-state index >= 15 is 0 Å². The van der Waals surface area contributed by atoms with Gasteiger partial charge in [-0.3, -0.25) is 19.4 Å². The van der Waals surface area contributed by atoms with Gasteiger partial charge in [-0.2, -0.15) is 0 Å². The van der Waals surface area contributed by atoms with Crippen LogP contribution in [0.5, 0.6) is 0 Å². The van der Waals surface area contributed by atoms with E-state index in [1.54, 1.807) is 11.3 Å². The maximum atomic E-state index is 12.7. The number of thiophene rings is 1. The Hall–Kier alpha value is -1.93.